The van der Waals surface area contributed by atoms with Crippen LogP contribution in [0.3, 0.4) is 0 Å². The van der Waals surface area contributed by atoms with Crippen LogP contribution in [-0.2, 0) is 11.3 Å². The number of hydrogen-bond acceptors (Lipinski definition) is 4. The van der Waals surface area contributed by atoms with Crippen molar-refractivity contribution in [2.75, 3.05) is 13.7 Å². The zero-order valence-electron chi connectivity index (χ0n) is 10.3. The van der Waals surface area contributed by atoms with Crippen molar-refractivity contribution in [2.24, 2.45) is 0 Å². The number of methoxy groups -OCH3 is 1. The molecule has 0 atom stereocenters. The fourth-order valence-corrected chi connectivity index (χ4v) is 1.63. The molecule has 5 nitrogen and oxygen atoms in total. The summed E-state index contributed by atoms with van der Waals surface area (Å²) in [7, 11) is 1.54. The molecule has 1 aliphatic rings. The first-order chi connectivity index (χ1) is 8.69. The third-order valence-electron chi connectivity index (χ3n) is 2.75. The molecule has 0 unspecified atom stereocenters. The van der Waals surface area contributed by atoms with Crippen molar-refractivity contribution in [1.29, 1.82) is 0 Å². The van der Waals surface area contributed by atoms with Crippen LogP contribution in [0.4, 0.5) is 0 Å². The number of hydrogen-bond donors (Lipinski definition) is 2. The molecule has 0 aromatic heterocycles. The van der Waals surface area contributed by atoms with Crippen LogP contribution < -0.4 is 14.8 Å². The van der Waals surface area contributed by atoms with Gasteiger partial charge in [-0.15, -0.1) is 0 Å². The molecule has 0 heterocycles. The van der Waals surface area contributed by atoms with E-state index in [1.54, 1.807) is 13.2 Å². The van der Waals surface area contributed by atoms with Gasteiger partial charge >= 0.3 is 5.97 Å². The van der Waals surface area contributed by atoms with Gasteiger partial charge in [-0.2, -0.15) is 0 Å². The normalized spacial score (nSPS) is 14.3. The number of carboxylic acid groups (broad SMARTS) is 1. The highest BCUT2D eigenvalue weighted by Gasteiger charge is 2.20. The lowest BCUT2D eigenvalue weighted by Gasteiger charge is -2.11. The maximum atomic E-state index is 10.4. The van der Waals surface area contributed by atoms with Crippen LogP contribution in [0.15, 0.2) is 18.2 Å². The van der Waals surface area contributed by atoms with Gasteiger partial charge in [-0.1, -0.05) is 6.07 Å². The van der Waals surface area contributed by atoms with Crippen LogP contribution in [0.1, 0.15) is 18.4 Å². The van der Waals surface area contributed by atoms with E-state index in [-0.39, 0.29) is 6.61 Å². The predicted molar refractivity (Wildman–Crippen MR) is 66.0 cm³/mol. The van der Waals surface area contributed by atoms with E-state index >= 15 is 0 Å². The Bertz CT molecular complexity index is 429. The first-order valence-corrected chi connectivity index (χ1v) is 5.94. The van der Waals surface area contributed by atoms with E-state index in [1.165, 1.54) is 12.8 Å². The summed E-state index contributed by atoms with van der Waals surface area (Å²) in [5, 5.41) is 12.0. The Morgan fingerprint density at radius 3 is 2.83 bits per heavy atom. The van der Waals surface area contributed by atoms with Gasteiger partial charge in [0.05, 0.1) is 7.11 Å². The lowest BCUT2D eigenvalue weighted by molar-refractivity contribution is -0.139. The second-order valence-electron chi connectivity index (χ2n) is 4.32. The summed E-state index contributed by atoms with van der Waals surface area (Å²) in [5.74, 6) is 0.0120. The SMILES string of the molecule is COc1cc(CNC2CC2)ccc1OCC(=O)O. The molecule has 1 fully saturated rings. The molecule has 1 saturated carbocycles. The van der Waals surface area contributed by atoms with E-state index in [1.807, 2.05) is 12.1 Å². The van der Waals surface area contributed by atoms with Crippen molar-refractivity contribution < 1.29 is 19.4 Å². The first-order valence-electron chi connectivity index (χ1n) is 5.94. The molecule has 0 radical (unpaired) electrons. The topological polar surface area (TPSA) is 67.8 Å². The highest BCUT2D eigenvalue weighted by Crippen LogP contribution is 2.28. The summed E-state index contributed by atoms with van der Waals surface area (Å²) >= 11 is 0. The lowest BCUT2D eigenvalue weighted by atomic mass is 10.2. The van der Waals surface area contributed by atoms with Gasteiger partial charge in [0, 0.05) is 12.6 Å². The minimum atomic E-state index is -1.00. The first kappa shape index (κ1) is 12.7. The number of ether oxygens (including phenoxy) is 2. The van der Waals surface area contributed by atoms with Crippen LogP contribution in [0.5, 0.6) is 11.5 Å². The Hall–Kier alpha value is -1.75. The van der Waals surface area contributed by atoms with Crippen molar-refractivity contribution in [3.8, 4) is 11.5 Å². The number of nitrogens with one attached hydrogen (secondary N) is 1. The summed E-state index contributed by atoms with van der Waals surface area (Å²) in [6.07, 6.45) is 2.49. The van der Waals surface area contributed by atoms with Crippen molar-refractivity contribution >= 4 is 5.97 Å². The van der Waals surface area contributed by atoms with Gasteiger partial charge in [-0.25, -0.2) is 4.79 Å². The Morgan fingerprint density at radius 2 is 2.22 bits per heavy atom. The van der Waals surface area contributed by atoms with Gasteiger partial charge in [0.2, 0.25) is 0 Å². The standard InChI is InChI=1S/C13H17NO4/c1-17-12-6-9(7-14-10-3-4-10)2-5-11(12)18-8-13(15)16/h2,5-6,10,14H,3-4,7-8H2,1H3,(H,15,16). The Morgan fingerprint density at radius 1 is 1.44 bits per heavy atom. The molecule has 0 aliphatic heterocycles. The Balaban J connectivity index is 1.99. The molecule has 5 heteroatoms. The van der Waals surface area contributed by atoms with Crippen LogP contribution in [0, 0.1) is 0 Å². The van der Waals surface area contributed by atoms with E-state index in [4.69, 9.17) is 14.6 Å². The maximum absolute atomic E-state index is 10.4. The quantitative estimate of drug-likeness (QED) is 0.767. The second-order valence-corrected chi connectivity index (χ2v) is 4.32. The average Bonchev–Trinajstić information content (AvgIpc) is 3.18. The summed E-state index contributed by atoms with van der Waals surface area (Å²) in [6, 6.07) is 6.17. The molecule has 98 valence electrons. The molecule has 2 rings (SSSR count). The van der Waals surface area contributed by atoms with Gasteiger partial charge in [0.1, 0.15) is 0 Å². The number of rotatable bonds is 7. The lowest BCUT2D eigenvalue weighted by Crippen LogP contribution is -2.15. The summed E-state index contributed by atoms with van der Waals surface area (Å²) < 4.78 is 10.3. The molecule has 1 aliphatic carbocycles. The minimum Gasteiger partial charge on any atom is -0.493 e. The minimum absolute atomic E-state index is 0.365. The Kier molecular flexibility index (Phi) is 4.04. The van der Waals surface area contributed by atoms with Crippen LogP contribution in [0.2, 0.25) is 0 Å². The van der Waals surface area contributed by atoms with E-state index < -0.39 is 5.97 Å². The molecule has 0 bridgehead atoms. The summed E-state index contributed by atoms with van der Waals surface area (Å²) in [5.41, 5.74) is 1.10. The smallest absolute Gasteiger partial charge is 0.341 e. The molecule has 0 saturated heterocycles. The molecule has 2 N–H and O–H groups in total. The molecular formula is C13H17NO4. The third kappa shape index (κ3) is 3.63. The van der Waals surface area contributed by atoms with E-state index in [9.17, 15) is 4.79 Å². The molecule has 1 aromatic rings. The Labute approximate surface area is 106 Å². The largest absolute Gasteiger partial charge is 0.493 e. The van der Waals surface area contributed by atoms with Gasteiger partial charge < -0.3 is 19.9 Å². The zero-order chi connectivity index (χ0) is 13.0. The van der Waals surface area contributed by atoms with E-state index in [0.29, 0.717) is 17.5 Å². The highest BCUT2D eigenvalue weighted by atomic mass is 16.5. The van der Waals surface area contributed by atoms with Crippen molar-refractivity contribution in [1.82, 2.24) is 5.32 Å². The van der Waals surface area contributed by atoms with Gasteiger partial charge in [-0.05, 0) is 30.5 Å². The van der Waals surface area contributed by atoms with Crippen molar-refractivity contribution in [3.63, 3.8) is 0 Å². The zero-order valence-corrected chi connectivity index (χ0v) is 10.3. The number of carboxylic acids is 1. The second kappa shape index (κ2) is 5.73. The third-order valence-corrected chi connectivity index (χ3v) is 2.75. The monoisotopic (exact) mass is 251 g/mol. The highest BCUT2D eigenvalue weighted by molar-refractivity contribution is 5.68. The van der Waals surface area contributed by atoms with Crippen molar-refractivity contribution in [2.45, 2.75) is 25.4 Å². The van der Waals surface area contributed by atoms with E-state index in [0.717, 1.165) is 12.1 Å². The van der Waals surface area contributed by atoms with E-state index in [2.05, 4.69) is 5.32 Å². The van der Waals surface area contributed by atoms with Gasteiger partial charge in [0.15, 0.2) is 18.1 Å². The fraction of sp³-hybridized carbons (Fsp3) is 0.462. The fourth-order valence-electron chi connectivity index (χ4n) is 1.63. The summed E-state index contributed by atoms with van der Waals surface area (Å²) in [6.45, 7) is 0.427. The van der Waals surface area contributed by atoms with Gasteiger partial charge in [-0.3, -0.25) is 0 Å². The number of benzene rings is 1. The van der Waals surface area contributed by atoms with Crippen molar-refractivity contribution in [3.05, 3.63) is 23.8 Å². The molecule has 0 amide bonds. The van der Waals surface area contributed by atoms with Gasteiger partial charge in [0.25, 0.3) is 0 Å². The maximum Gasteiger partial charge on any atom is 0.341 e. The van der Waals surface area contributed by atoms with Crippen LogP contribution in [-0.4, -0.2) is 30.8 Å². The molecule has 1 aromatic carbocycles. The van der Waals surface area contributed by atoms with Crippen LogP contribution in [0.25, 0.3) is 0 Å². The number of carbonyl (C=O) groups is 1. The predicted octanol–water partition coefficient (Wildman–Crippen LogP) is 1.41. The van der Waals surface area contributed by atoms with Crippen LogP contribution >= 0.6 is 0 Å². The molecule has 18 heavy (non-hydrogen) atoms. The summed E-state index contributed by atoms with van der Waals surface area (Å²) in [4.78, 5) is 10.4. The average molecular weight is 251 g/mol. The number of aliphatic carboxylic acids is 1. The molecular weight excluding hydrogens is 234 g/mol. The molecule has 0 spiro atoms.